The lowest BCUT2D eigenvalue weighted by Gasteiger charge is -2.13. The van der Waals surface area contributed by atoms with Crippen LogP contribution in [0.3, 0.4) is 0 Å². The fourth-order valence-electron chi connectivity index (χ4n) is 2.38. The van der Waals surface area contributed by atoms with Crippen LogP contribution in [0.5, 0.6) is 0 Å². The van der Waals surface area contributed by atoms with Gasteiger partial charge in [0.2, 0.25) is 0 Å². The van der Waals surface area contributed by atoms with Gasteiger partial charge in [0.1, 0.15) is 11.8 Å². The Labute approximate surface area is 115 Å². The van der Waals surface area contributed by atoms with Crippen LogP contribution in [0.4, 0.5) is 5.82 Å². The predicted octanol–water partition coefficient (Wildman–Crippen LogP) is 0.430. The molecule has 3 rings (SSSR count). The van der Waals surface area contributed by atoms with Gasteiger partial charge < -0.3 is 10.7 Å². The molecule has 8 heteroatoms. The summed E-state index contributed by atoms with van der Waals surface area (Å²) >= 11 is 0. The van der Waals surface area contributed by atoms with Gasteiger partial charge in [0.05, 0.1) is 18.0 Å². The Morgan fingerprint density at radius 1 is 1.40 bits per heavy atom. The molecule has 104 valence electrons. The molecule has 3 heterocycles. The Balaban J connectivity index is 2.04. The second-order valence-electron chi connectivity index (χ2n) is 4.52. The Kier molecular flexibility index (Phi) is 3.15. The molecule has 0 fully saturated rings. The van der Waals surface area contributed by atoms with Crippen molar-refractivity contribution in [1.29, 1.82) is 0 Å². The van der Waals surface area contributed by atoms with Crippen LogP contribution in [0.15, 0.2) is 17.8 Å². The molecule has 2 aromatic rings. The lowest BCUT2D eigenvalue weighted by molar-refractivity contribution is -0.119. The maximum Gasteiger partial charge on any atom is 0.257 e. The number of aromatic amines is 1. The fraction of sp³-hybridized carbons (Fsp3) is 0.417. The zero-order valence-corrected chi connectivity index (χ0v) is 11.1. The van der Waals surface area contributed by atoms with E-state index >= 15 is 0 Å². The number of rotatable bonds is 4. The number of hydrogen-bond donors (Lipinski definition) is 2. The van der Waals surface area contributed by atoms with Crippen molar-refractivity contribution in [2.75, 3.05) is 11.6 Å². The Morgan fingerprint density at radius 2 is 2.25 bits per heavy atom. The molecule has 1 aliphatic rings. The van der Waals surface area contributed by atoms with Crippen LogP contribution in [0.1, 0.15) is 19.8 Å². The number of nitrogens with zero attached hydrogens (tertiary/aromatic N) is 5. The third-order valence-electron chi connectivity index (χ3n) is 3.36. The molecule has 0 aliphatic carbocycles. The first kappa shape index (κ1) is 12.7. The Morgan fingerprint density at radius 3 is 3.00 bits per heavy atom. The van der Waals surface area contributed by atoms with Gasteiger partial charge in [0.15, 0.2) is 11.5 Å². The van der Waals surface area contributed by atoms with E-state index in [9.17, 15) is 4.79 Å². The molecule has 0 aromatic carbocycles. The smallest absolute Gasteiger partial charge is 0.257 e. The van der Waals surface area contributed by atoms with E-state index in [1.165, 1.54) is 17.7 Å². The first-order valence-corrected chi connectivity index (χ1v) is 6.51. The Bertz CT molecular complexity index is 677. The van der Waals surface area contributed by atoms with Crippen molar-refractivity contribution in [2.45, 2.75) is 19.8 Å². The molecule has 0 bridgehead atoms. The van der Waals surface area contributed by atoms with Gasteiger partial charge in [0, 0.05) is 0 Å². The number of aromatic nitrogens is 4. The van der Waals surface area contributed by atoms with Crippen molar-refractivity contribution in [1.82, 2.24) is 19.9 Å². The van der Waals surface area contributed by atoms with Gasteiger partial charge in [-0.05, 0) is 19.4 Å². The number of imidazole rings is 1. The van der Waals surface area contributed by atoms with Crippen molar-refractivity contribution in [3.8, 4) is 0 Å². The second kappa shape index (κ2) is 4.97. The number of carbonyl (C=O) groups excluding carboxylic acids is 1. The molecule has 1 amide bonds. The summed E-state index contributed by atoms with van der Waals surface area (Å²) in [4.78, 5) is 27.7. The van der Waals surface area contributed by atoms with Gasteiger partial charge in [0.25, 0.3) is 5.91 Å². The summed E-state index contributed by atoms with van der Waals surface area (Å²) in [5.41, 5.74) is 7.54. The number of hydrazone groups is 1. The summed E-state index contributed by atoms with van der Waals surface area (Å²) in [6, 6.07) is 0. The van der Waals surface area contributed by atoms with Crippen LogP contribution in [0.2, 0.25) is 0 Å². The predicted molar refractivity (Wildman–Crippen MR) is 74.1 cm³/mol. The number of amides is 1. The van der Waals surface area contributed by atoms with E-state index in [2.05, 4.69) is 25.0 Å². The number of hydrogen-bond acceptors (Lipinski definition) is 6. The summed E-state index contributed by atoms with van der Waals surface area (Å²) in [5.74, 6) is 0.0859. The minimum atomic E-state index is -0.252. The summed E-state index contributed by atoms with van der Waals surface area (Å²) in [6.45, 7) is 2.43. The molecule has 0 saturated carbocycles. The minimum Gasteiger partial charge on any atom is -0.340 e. The topological polar surface area (TPSA) is 113 Å². The lowest BCUT2D eigenvalue weighted by Crippen LogP contribution is -2.29. The van der Waals surface area contributed by atoms with Crippen LogP contribution < -0.4 is 10.7 Å². The van der Waals surface area contributed by atoms with E-state index in [-0.39, 0.29) is 11.8 Å². The summed E-state index contributed by atoms with van der Waals surface area (Å²) in [7, 11) is 0. The maximum atomic E-state index is 12.5. The third-order valence-corrected chi connectivity index (χ3v) is 3.36. The van der Waals surface area contributed by atoms with E-state index in [4.69, 9.17) is 5.73 Å². The maximum absolute atomic E-state index is 12.5. The van der Waals surface area contributed by atoms with Crippen LogP contribution in [-0.4, -0.2) is 38.1 Å². The van der Waals surface area contributed by atoms with Gasteiger partial charge in [-0.15, -0.1) is 0 Å². The molecule has 0 saturated heterocycles. The summed E-state index contributed by atoms with van der Waals surface area (Å²) in [6.07, 6.45) is 4.21. The fourth-order valence-corrected chi connectivity index (χ4v) is 2.38. The molecule has 0 radical (unpaired) electrons. The number of fused-ring (bicyclic) bond motifs is 1. The van der Waals surface area contributed by atoms with Crippen LogP contribution >= 0.6 is 0 Å². The van der Waals surface area contributed by atoms with Crippen LogP contribution in [0, 0.1) is 5.92 Å². The van der Waals surface area contributed by atoms with Crippen molar-refractivity contribution in [2.24, 2.45) is 16.8 Å². The normalized spacial score (nSPS) is 18.9. The summed E-state index contributed by atoms with van der Waals surface area (Å²) < 4.78 is 0. The molecule has 1 unspecified atom stereocenters. The standard InChI is InChI=1S/C12H15N7O/c1-2-8-7(3-4-13)12(20)19(18-8)11-9-10(15-5-14-9)16-6-17-11/h5-7H,2-4,13H2,1H3,(H,14,15,16,17). The van der Waals surface area contributed by atoms with Crippen molar-refractivity contribution >= 4 is 28.6 Å². The van der Waals surface area contributed by atoms with E-state index in [1.54, 1.807) is 0 Å². The molecule has 20 heavy (non-hydrogen) atoms. The highest BCUT2D eigenvalue weighted by Gasteiger charge is 2.36. The van der Waals surface area contributed by atoms with E-state index in [0.717, 1.165) is 5.71 Å². The van der Waals surface area contributed by atoms with Crippen LogP contribution in [-0.2, 0) is 4.79 Å². The second-order valence-corrected chi connectivity index (χ2v) is 4.52. The molecule has 0 spiro atoms. The first-order valence-electron chi connectivity index (χ1n) is 6.51. The largest absolute Gasteiger partial charge is 0.340 e. The van der Waals surface area contributed by atoms with Crippen molar-refractivity contribution in [3.63, 3.8) is 0 Å². The minimum absolute atomic E-state index is 0.0955. The molecular weight excluding hydrogens is 258 g/mol. The van der Waals surface area contributed by atoms with Crippen molar-refractivity contribution in [3.05, 3.63) is 12.7 Å². The molecule has 1 atom stereocenters. The zero-order chi connectivity index (χ0) is 14.1. The number of H-pyrrole nitrogens is 1. The molecule has 8 nitrogen and oxygen atoms in total. The average molecular weight is 273 g/mol. The molecule has 1 aliphatic heterocycles. The number of nitrogens with one attached hydrogen (secondary N) is 1. The quantitative estimate of drug-likeness (QED) is 0.838. The van der Waals surface area contributed by atoms with Gasteiger partial charge in [-0.1, -0.05) is 6.92 Å². The SMILES string of the molecule is CCC1=NN(c2ncnc3nc[nH]c23)C(=O)C1CCN. The first-order chi connectivity index (χ1) is 9.76. The van der Waals surface area contributed by atoms with E-state index in [1.807, 2.05) is 6.92 Å². The number of anilines is 1. The van der Waals surface area contributed by atoms with Gasteiger partial charge >= 0.3 is 0 Å². The van der Waals surface area contributed by atoms with Gasteiger partial charge in [-0.2, -0.15) is 10.1 Å². The molecular formula is C12H15N7O. The monoisotopic (exact) mass is 273 g/mol. The van der Waals surface area contributed by atoms with E-state index < -0.39 is 0 Å². The number of nitrogens with two attached hydrogens (primary N) is 1. The van der Waals surface area contributed by atoms with Crippen molar-refractivity contribution < 1.29 is 4.79 Å². The molecule has 3 N–H and O–H groups in total. The lowest BCUT2D eigenvalue weighted by atomic mass is 9.98. The van der Waals surface area contributed by atoms with Crippen LogP contribution in [0.25, 0.3) is 11.2 Å². The van der Waals surface area contributed by atoms with E-state index in [0.29, 0.717) is 36.4 Å². The highest BCUT2D eigenvalue weighted by molar-refractivity contribution is 6.16. The highest BCUT2D eigenvalue weighted by Crippen LogP contribution is 2.28. The zero-order valence-electron chi connectivity index (χ0n) is 11.1. The summed E-state index contributed by atoms with van der Waals surface area (Å²) in [5, 5.41) is 5.73. The molecule has 2 aromatic heterocycles. The van der Waals surface area contributed by atoms with Gasteiger partial charge in [-0.25, -0.2) is 15.0 Å². The van der Waals surface area contributed by atoms with Gasteiger partial charge in [-0.3, -0.25) is 4.79 Å². The average Bonchev–Trinajstić information content (AvgIpc) is 3.05. The Hall–Kier alpha value is -2.35. The third kappa shape index (κ3) is 1.85. The highest BCUT2D eigenvalue weighted by atomic mass is 16.2. The number of carbonyl (C=O) groups is 1.